The van der Waals surface area contributed by atoms with Crippen LogP contribution in [-0.4, -0.2) is 24.6 Å². The Morgan fingerprint density at radius 3 is 2.57 bits per heavy atom. The van der Waals surface area contributed by atoms with Gasteiger partial charge in [-0.15, -0.1) is 0 Å². The maximum absolute atomic E-state index is 12.0. The first kappa shape index (κ1) is 17.6. The number of benzene rings is 2. The molecule has 2 aromatic rings. The van der Waals surface area contributed by atoms with Gasteiger partial charge in [-0.2, -0.15) is 5.10 Å². The van der Waals surface area contributed by atoms with Gasteiger partial charge >= 0.3 is 0 Å². The average molecular weight is 486 g/mol. The summed E-state index contributed by atoms with van der Waals surface area (Å²) in [5.41, 5.74) is 3.76. The zero-order valence-corrected chi connectivity index (χ0v) is 15.7. The molecule has 0 unspecified atom stereocenters. The average Bonchev–Trinajstić information content (AvgIpc) is 2.55. The van der Waals surface area contributed by atoms with Crippen LogP contribution in [0, 0.1) is 3.57 Å². The lowest BCUT2D eigenvalue weighted by Gasteiger charge is -2.05. The third-order valence-corrected chi connectivity index (χ3v) is 4.49. The fourth-order valence-electron chi connectivity index (χ4n) is 1.69. The van der Waals surface area contributed by atoms with Crippen LogP contribution < -0.4 is 10.7 Å². The van der Waals surface area contributed by atoms with Gasteiger partial charge in [0, 0.05) is 13.6 Å². The van der Waals surface area contributed by atoms with Gasteiger partial charge in [0.1, 0.15) is 0 Å². The van der Waals surface area contributed by atoms with E-state index in [2.05, 4.69) is 54.4 Å². The summed E-state index contributed by atoms with van der Waals surface area (Å²) >= 11 is 5.46. The highest BCUT2D eigenvalue weighted by Gasteiger charge is 2.10. The number of amides is 2. The van der Waals surface area contributed by atoms with Crippen molar-refractivity contribution in [3.8, 4) is 0 Å². The smallest absolute Gasteiger partial charge is 0.259 e. The largest absolute Gasteiger partial charge is 0.343 e. The zero-order valence-electron chi connectivity index (χ0n) is 11.9. The molecule has 0 heterocycles. The minimum absolute atomic E-state index is 0.142. The van der Waals surface area contributed by atoms with Crippen molar-refractivity contribution in [3.63, 3.8) is 0 Å². The highest BCUT2D eigenvalue weighted by molar-refractivity contribution is 14.1. The SMILES string of the molecule is O=C(CNC(=O)c1ccccc1I)N/N=C\c1ccccc1Br. The Balaban J connectivity index is 1.83. The highest BCUT2D eigenvalue weighted by Crippen LogP contribution is 2.13. The van der Waals surface area contributed by atoms with Crippen molar-refractivity contribution in [1.82, 2.24) is 10.7 Å². The summed E-state index contributed by atoms with van der Waals surface area (Å²) in [6.07, 6.45) is 1.53. The predicted octanol–water partition coefficient (Wildman–Crippen LogP) is 2.93. The third-order valence-electron chi connectivity index (χ3n) is 2.83. The van der Waals surface area contributed by atoms with E-state index in [0.717, 1.165) is 13.6 Å². The first-order valence-electron chi connectivity index (χ1n) is 6.67. The van der Waals surface area contributed by atoms with Crippen molar-refractivity contribution in [2.45, 2.75) is 0 Å². The van der Waals surface area contributed by atoms with E-state index in [9.17, 15) is 9.59 Å². The Bertz CT molecular complexity index is 750. The van der Waals surface area contributed by atoms with Gasteiger partial charge in [-0.05, 0) is 40.8 Å². The lowest BCUT2D eigenvalue weighted by Crippen LogP contribution is -2.35. The first-order chi connectivity index (χ1) is 11.1. The number of hydrogen-bond donors (Lipinski definition) is 2. The zero-order chi connectivity index (χ0) is 16.7. The molecule has 0 saturated carbocycles. The molecule has 0 aliphatic rings. The summed E-state index contributed by atoms with van der Waals surface area (Å²) in [4.78, 5) is 23.7. The molecule has 0 atom stereocenters. The van der Waals surface area contributed by atoms with Crippen LogP contribution in [0.3, 0.4) is 0 Å². The van der Waals surface area contributed by atoms with Crippen molar-refractivity contribution in [2.24, 2.45) is 5.10 Å². The van der Waals surface area contributed by atoms with Gasteiger partial charge in [0.05, 0.1) is 18.3 Å². The first-order valence-corrected chi connectivity index (χ1v) is 8.54. The van der Waals surface area contributed by atoms with Gasteiger partial charge in [-0.3, -0.25) is 9.59 Å². The number of hydrogen-bond acceptors (Lipinski definition) is 3. The third kappa shape index (κ3) is 5.43. The number of rotatable bonds is 5. The standard InChI is InChI=1S/C16H13BrIN3O2/c17-13-7-3-1-5-11(13)9-20-21-15(22)10-19-16(23)12-6-2-4-8-14(12)18/h1-9H,10H2,(H,19,23)(H,21,22)/b20-9-. The van der Waals surface area contributed by atoms with E-state index < -0.39 is 5.91 Å². The second-order valence-corrected chi connectivity index (χ2v) is 6.49. The van der Waals surface area contributed by atoms with Crippen LogP contribution in [0.25, 0.3) is 0 Å². The van der Waals surface area contributed by atoms with Crippen LogP contribution >= 0.6 is 38.5 Å². The Morgan fingerprint density at radius 2 is 1.83 bits per heavy atom. The van der Waals surface area contributed by atoms with Gasteiger partial charge in [-0.25, -0.2) is 5.43 Å². The number of hydrazone groups is 1. The van der Waals surface area contributed by atoms with Crippen LogP contribution in [0.15, 0.2) is 58.1 Å². The topological polar surface area (TPSA) is 70.6 Å². The van der Waals surface area contributed by atoms with Gasteiger partial charge in [0.2, 0.25) is 0 Å². The summed E-state index contributed by atoms with van der Waals surface area (Å²) in [5.74, 6) is -0.687. The molecule has 0 bridgehead atoms. The molecule has 23 heavy (non-hydrogen) atoms. The van der Waals surface area contributed by atoms with Crippen LogP contribution in [-0.2, 0) is 4.79 Å². The molecule has 0 fully saturated rings. The Morgan fingerprint density at radius 1 is 1.13 bits per heavy atom. The van der Waals surface area contributed by atoms with Gasteiger partial charge in [0.25, 0.3) is 11.8 Å². The summed E-state index contributed by atoms with van der Waals surface area (Å²) in [6.45, 7) is -0.142. The number of nitrogens with zero attached hydrogens (tertiary/aromatic N) is 1. The molecule has 7 heteroatoms. The molecule has 0 saturated heterocycles. The fourth-order valence-corrected chi connectivity index (χ4v) is 2.71. The molecule has 2 N–H and O–H groups in total. The monoisotopic (exact) mass is 485 g/mol. The summed E-state index contributed by atoms with van der Waals surface area (Å²) in [5, 5.41) is 6.42. The number of nitrogens with one attached hydrogen (secondary N) is 2. The molecule has 2 aromatic carbocycles. The maximum atomic E-state index is 12.0. The van der Waals surface area contributed by atoms with Crippen molar-refractivity contribution < 1.29 is 9.59 Å². The van der Waals surface area contributed by atoms with E-state index in [1.165, 1.54) is 6.21 Å². The lowest BCUT2D eigenvalue weighted by molar-refractivity contribution is -0.120. The maximum Gasteiger partial charge on any atom is 0.259 e. The summed E-state index contributed by atoms with van der Waals surface area (Å²) < 4.78 is 1.71. The van der Waals surface area contributed by atoms with Gasteiger partial charge < -0.3 is 5.32 Å². The van der Waals surface area contributed by atoms with E-state index in [4.69, 9.17) is 0 Å². The van der Waals surface area contributed by atoms with Crippen LogP contribution in [0.4, 0.5) is 0 Å². The molecular weight excluding hydrogens is 473 g/mol. The van der Waals surface area contributed by atoms with Crippen LogP contribution in [0.1, 0.15) is 15.9 Å². The molecule has 2 rings (SSSR count). The van der Waals surface area contributed by atoms with Crippen molar-refractivity contribution >= 4 is 56.5 Å². The molecule has 2 amide bonds. The molecule has 118 valence electrons. The van der Waals surface area contributed by atoms with Crippen molar-refractivity contribution in [3.05, 3.63) is 67.7 Å². The number of carbonyl (C=O) groups excluding carboxylic acids is 2. The molecule has 0 radical (unpaired) electrons. The van der Waals surface area contributed by atoms with Crippen LogP contribution in [0.2, 0.25) is 0 Å². The van der Waals surface area contributed by atoms with E-state index in [-0.39, 0.29) is 12.5 Å². The normalized spacial score (nSPS) is 10.5. The van der Waals surface area contributed by atoms with Gasteiger partial charge in [0.15, 0.2) is 0 Å². The number of halogens is 2. The Hall–Kier alpha value is -1.74. The molecule has 5 nitrogen and oxygen atoms in total. The summed E-state index contributed by atoms with van der Waals surface area (Å²) in [7, 11) is 0. The molecule has 0 aromatic heterocycles. The van der Waals surface area contributed by atoms with E-state index in [1.54, 1.807) is 12.1 Å². The summed E-state index contributed by atoms with van der Waals surface area (Å²) in [6, 6.07) is 14.7. The lowest BCUT2D eigenvalue weighted by atomic mass is 10.2. The van der Waals surface area contributed by atoms with Crippen molar-refractivity contribution in [1.29, 1.82) is 0 Å². The Kier molecular flexibility index (Phi) is 6.72. The number of carbonyl (C=O) groups is 2. The van der Waals surface area contributed by atoms with Gasteiger partial charge in [-0.1, -0.05) is 46.3 Å². The van der Waals surface area contributed by atoms with E-state index in [0.29, 0.717) is 5.56 Å². The second kappa shape index (κ2) is 8.78. The molecule has 0 aliphatic heterocycles. The fraction of sp³-hybridized carbons (Fsp3) is 0.0625. The minimum Gasteiger partial charge on any atom is -0.343 e. The van der Waals surface area contributed by atoms with E-state index in [1.807, 2.05) is 36.4 Å². The molecule has 0 aliphatic carbocycles. The Labute approximate surface area is 155 Å². The minimum atomic E-state index is -0.396. The van der Waals surface area contributed by atoms with Crippen molar-refractivity contribution in [2.75, 3.05) is 6.54 Å². The molecule has 0 spiro atoms. The van der Waals surface area contributed by atoms with Crippen LogP contribution in [0.5, 0.6) is 0 Å². The second-order valence-electron chi connectivity index (χ2n) is 4.48. The molecular formula is C16H13BrIN3O2. The quantitative estimate of drug-likeness (QED) is 0.388. The highest BCUT2D eigenvalue weighted by atomic mass is 127. The van der Waals surface area contributed by atoms with E-state index >= 15 is 0 Å². The predicted molar refractivity (Wildman–Crippen MR) is 101 cm³/mol.